The van der Waals surface area contributed by atoms with Gasteiger partial charge in [0.1, 0.15) is 0 Å². The van der Waals surface area contributed by atoms with E-state index in [0.29, 0.717) is 46.7 Å². The second-order valence-electron chi connectivity index (χ2n) is 27.7. The lowest BCUT2D eigenvalue weighted by Crippen LogP contribution is -2.56. The van der Waals surface area contributed by atoms with E-state index in [4.69, 9.17) is 14.6 Å². The molecule has 0 aromatic rings. The summed E-state index contributed by atoms with van der Waals surface area (Å²) >= 11 is 0. The fraction of sp³-hybridized carbons (Fsp3) is 0.968. The zero-order chi connectivity index (χ0) is 49.0. The minimum Gasteiger partial charge on any atom is -0.400 e. The van der Waals surface area contributed by atoms with E-state index in [2.05, 4.69) is 61.5 Å². The van der Waals surface area contributed by atoms with Crippen molar-refractivity contribution >= 4 is 0 Å². The van der Waals surface area contributed by atoms with Crippen LogP contribution < -0.4 is 0 Å². The Morgan fingerprint density at radius 1 is 0.551 bits per heavy atom. The molecule has 0 aromatic carbocycles. The van der Waals surface area contributed by atoms with Crippen molar-refractivity contribution in [3.05, 3.63) is 11.6 Å². The molecular weight excluding hydrogens is 857 g/mol. The van der Waals surface area contributed by atoms with Gasteiger partial charge >= 0.3 is 0 Å². The number of hydrogen-bond donors (Lipinski definition) is 5. The van der Waals surface area contributed by atoms with Crippen molar-refractivity contribution < 1.29 is 35.0 Å². The van der Waals surface area contributed by atoms with Gasteiger partial charge in [-0.1, -0.05) is 74.5 Å². The lowest BCUT2D eigenvalue weighted by molar-refractivity contribution is -0.153. The van der Waals surface area contributed by atoms with Gasteiger partial charge in [-0.25, -0.2) is 0 Å². The van der Waals surface area contributed by atoms with Crippen LogP contribution in [0.2, 0.25) is 0 Å². The van der Waals surface area contributed by atoms with Crippen LogP contribution in [0.1, 0.15) is 236 Å². The molecule has 7 heteroatoms. The lowest BCUT2D eigenvalue weighted by atomic mass is 9.43. The van der Waals surface area contributed by atoms with Crippen LogP contribution in [0, 0.1) is 86.8 Å². The summed E-state index contributed by atoms with van der Waals surface area (Å²) in [5.74, 6) is 8.91. The number of allylic oxidation sites excluding steroid dienone is 1. The van der Waals surface area contributed by atoms with E-state index in [-0.39, 0.29) is 13.0 Å². The van der Waals surface area contributed by atoms with E-state index < -0.39 is 16.8 Å². The third-order valence-electron chi connectivity index (χ3n) is 24.6. The van der Waals surface area contributed by atoms with Crippen molar-refractivity contribution in [2.75, 3.05) is 33.5 Å². The molecule has 2 saturated heterocycles. The van der Waals surface area contributed by atoms with Gasteiger partial charge in [0.15, 0.2) is 0 Å². The van der Waals surface area contributed by atoms with Crippen LogP contribution in [0.15, 0.2) is 11.6 Å². The monoisotopic (exact) mass is 967 g/mol. The smallest absolute Gasteiger partial charge is 0.0881 e. The molecule has 2 heterocycles. The van der Waals surface area contributed by atoms with Gasteiger partial charge in [-0.3, -0.25) is 0 Å². The zero-order valence-electron chi connectivity index (χ0n) is 45.4. The second-order valence-corrected chi connectivity index (χ2v) is 27.7. The Bertz CT molecular complexity index is 1700. The van der Waals surface area contributed by atoms with Crippen LogP contribution in [-0.4, -0.2) is 81.5 Å². The average molecular weight is 968 g/mol. The summed E-state index contributed by atoms with van der Waals surface area (Å²) < 4.78 is 11.2. The molecule has 9 fully saturated rings. The van der Waals surface area contributed by atoms with Gasteiger partial charge in [0, 0.05) is 20.3 Å². The van der Waals surface area contributed by atoms with Gasteiger partial charge in [-0.15, -0.1) is 0 Å². The Kier molecular flexibility index (Phi) is 17.6. The number of fused-ring (bicyclic) bond motifs is 10. The molecule has 5 N–H and O–H groups in total. The van der Waals surface area contributed by atoms with Crippen molar-refractivity contribution in [1.82, 2.24) is 0 Å². The Morgan fingerprint density at radius 2 is 1.06 bits per heavy atom. The van der Waals surface area contributed by atoms with Crippen LogP contribution in [-0.2, 0) is 9.47 Å². The van der Waals surface area contributed by atoms with Crippen molar-refractivity contribution in [3.8, 4) is 0 Å². The average Bonchev–Trinajstić information content (AvgIpc) is 3.89. The molecule has 69 heavy (non-hydrogen) atoms. The molecule has 19 atom stereocenters. The zero-order valence-corrected chi connectivity index (χ0v) is 45.4. The summed E-state index contributed by atoms with van der Waals surface area (Å²) in [6, 6.07) is 0. The molecule has 0 bridgehead atoms. The fourth-order valence-electron chi connectivity index (χ4n) is 20.1. The molecule has 0 spiro atoms. The quantitative estimate of drug-likeness (QED) is 0.138. The number of rotatable bonds is 10. The molecule has 400 valence electrons. The maximum atomic E-state index is 11.1. The summed E-state index contributed by atoms with van der Waals surface area (Å²) in [5, 5.41) is 51.0. The molecule has 7 nitrogen and oxygen atoms in total. The minimum atomic E-state index is -0.580. The normalized spacial score (nSPS) is 49.7. The highest BCUT2D eigenvalue weighted by Crippen LogP contribution is 2.70. The third kappa shape index (κ3) is 10.6. The summed E-state index contributed by atoms with van der Waals surface area (Å²) in [6.07, 6.45) is 33.9. The summed E-state index contributed by atoms with van der Waals surface area (Å²) in [7, 11) is 1.00. The summed E-state index contributed by atoms with van der Waals surface area (Å²) in [5.41, 5.74) is 1.33. The van der Waals surface area contributed by atoms with Crippen LogP contribution in [0.25, 0.3) is 0 Å². The molecule has 0 radical (unpaired) electrons. The summed E-state index contributed by atoms with van der Waals surface area (Å²) in [4.78, 5) is 0. The summed E-state index contributed by atoms with van der Waals surface area (Å²) in [6.45, 7) is 22.5. The Morgan fingerprint density at radius 3 is 1.58 bits per heavy atom. The highest BCUT2D eigenvalue weighted by Gasteiger charge is 2.63. The van der Waals surface area contributed by atoms with Crippen molar-refractivity contribution in [2.24, 2.45) is 86.8 Å². The van der Waals surface area contributed by atoms with Gasteiger partial charge in [0.2, 0.25) is 0 Å². The van der Waals surface area contributed by atoms with Gasteiger partial charge < -0.3 is 35.0 Å². The standard InChI is InChI=1S/C30H52O3.C30H50O3.CH4O.CH4/c2*1-5-29(31)17-16-27(3)22(19-29)7-8-23-25-10-9-24(28(25,4)14-12-26(23)27)21(2)11-15-30(32)13-6-18-33-20-30;1-2;/h21-26,31-32H,5-20H2,1-4H3;7,21,23-26,31-32H,5-6,8-20H2,1-4H3;2H,1H3;1H4/t21-,22+,23+,24-,25+,26+,27+,28-,29+,30?;21-,23+,24-,25+,26+,27+,28-,29+,30?;;/m11../s1. The number of aliphatic hydroxyl groups excluding tert-OH is 1. The van der Waals surface area contributed by atoms with Crippen molar-refractivity contribution in [1.29, 1.82) is 0 Å². The first-order chi connectivity index (χ1) is 32.3. The van der Waals surface area contributed by atoms with Gasteiger partial charge in [-0.05, 0) is 260 Å². The molecular formula is C62H110O7. The van der Waals surface area contributed by atoms with Crippen molar-refractivity contribution in [2.45, 2.75) is 259 Å². The maximum absolute atomic E-state index is 11.1. The topological polar surface area (TPSA) is 120 Å². The molecule has 10 rings (SSSR count). The van der Waals surface area contributed by atoms with Gasteiger partial charge in [0.25, 0.3) is 0 Å². The van der Waals surface area contributed by atoms with Gasteiger partial charge in [-0.2, -0.15) is 0 Å². The van der Waals surface area contributed by atoms with Crippen LogP contribution in [0.5, 0.6) is 0 Å². The number of ether oxygens (including phenoxy) is 2. The molecule has 2 unspecified atom stereocenters. The predicted octanol–water partition coefficient (Wildman–Crippen LogP) is 13.7. The first-order valence-electron chi connectivity index (χ1n) is 29.4. The highest BCUT2D eigenvalue weighted by atomic mass is 16.5. The highest BCUT2D eigenvalue weighted by molar-refractivity contribution is 5.27. The fourth-order valence-corrected chi connectivity index (χ4v) is 20.1. The van der Waals surface area contributed by atoms with Crippen molar-refractivity contribution in [3.63, 3.8) is 0 Å². The Labute approximate surface area is 423 Å². The Hall–Kier alpha value is -0.540. The predicted molar refractivity (Wildman–Crippen MR) is 283 cm³/mol. The van der Waals surface area contributed by atoms with Crippen LogP contribution in [0.3, 0.4) is 0 Å². The van der Waals surface area contributed by atoms with Gasteiger partial charge in [0.05, 0.1) is 35.6 Å². The Balaban J connectivity index is 0.000000194. The van der Waals surface area contributed by atoms with E-state index >= 15 is 0 Å². The first kappa shape index (κ1) is 56.2. The SMILES string of the molecule is C.CC[C@]1(O)CC[C@@]2(C)C(=CC[C@H]3[C@@H]4CC[C@H]([C@H](C)CCC5(O)CCCOC5)[C@@]4(C)CC[C@@H]32)C1.CC[C@]1(O)CC[C@@]2(C)[C@@H](CC[C@@H]3[C@@H]2CC[C@]2(C)[C@@H]([C@H](C)CCC4(O)CCCOC4)CC[C@@H]32)C1.CO. The number of hydrogen-bond acceptors (Lipinski definition) is 7. The maximum Gasteiger partial charge on any atom is 0.0881 e. The molecule has 10 aliphatic rings. The molecule has 8 aliphatic carbocycles. The third-order valence-corrected chi connectivity index (χ3v) is 24.6. The molecule has 0 amide bonds. The minimum absolute atomic E-state index is 0. The van der Waals surface area contributed by atoms with E-state index in [1.807, 2.05) is 0 Å². The second kappa shape index (κ2) is 21.6. The van der Waals surface area contributed by atoms with E-state index in [1.165, 1.54) is 83.5 Å². The first-order valence-corrected chi connectivity index (χ1v) is 29.4. The van der Waals surface area contributed by atoms with Crippen LogP contribution in [0.4, 0.5) is 0 Å². The molecule has 0 aromatic heterocycles. The van der Waals surface area contributed by atoms with E-state index in [9.17, 15) is 20.4 Å². The lowest BCUT2D eigenvalue weighted by Gasteiger charge is -2.62. The van der Waals surface area contributed by atoms with E-state index in [1.54, 1.807) is 5.57 Å². The van der Waals surface area contributed by atoms with E-state index in [0.717, 1.165) is 163 Å². The molecule has 7 saturated carbocycles. The largest absolute Gasteiger partial charge is 0.400 e. The van der Waals surface area contributed by atoms with Crippen LogP contribution >= 0.6 is 0 Å². The molecule has 2 aliphatic heterocycles. The number of aliphatic hydroxyl groups is 5.